The van der Waals surface area contributed by atoms with Crippen LogP contribution in [-0.2, 0) is 7.05 Å². The van der Waals surface area contributed by atoms with Crippen LogP contribution in [-0.4, -0.2) is 30.8 Å². The van der Waals surface area contributed by atoms with E-state index in [1.54, 1.807) is 18.7 Å². The van der Waals surface area contributed by atoms with Gasteiger partial charge in [-0.25, -0.2) is 14.8 Å². The third kappa shape index (κ3) is 2.15. The Balaban J connectivity index is 2.59. The van der Waals surface area contributed by atoms with Crippen LogP contribution in [0, 0.1) is 13.8 Å². The lowest BCUT2D eigenvalue weighted by molar-refractivity contribution is 0.0690. The molecule has 0 aliphatic carbocycles. The normalized spacial score (nSPS) is 10.5. The third-order valence-corrected chi connectivity index (χ3v) is 2.32. The Morgan fingerprint density at radius 3 is 2.53 bits per heavy atom. The van der Waals surface area contributed by atoms with Gasteiger partial charge in [-0.05, 0) is 26.0 Å². The summed E-state index contributed by atoms with van der Waals surface area (Å²) in [7, 11) is 1.79. The number of carboxylic acid groups (broad SMARTS) is 1. The number of hydrogen-bond donors (Lipinski definition) is 1. The molecule has 6 nitrogen and oxygen atoms in total. The topological polar surface area (TPSA) is 80.9 Å². The van der Waals surface area contributed by atoms with Crippen molar-refractivity contribution in [3.05, 3.63) is 29.3 Å². The second-order valence-corrected chi connectivity index (χ2v) is 3.79. The van der Waals surface area contributed by atoms with E-state index in [0.29, 0.717) is 11.5 Å². The van der Waals surface area contributed by atoms with Crippen LogP contribution in [0.4, 0.5) is 0 Å². The van der Waals surface area contributed by atoms with Gasteiger partial charge in [0.05, 0.1) is 17.1 Å². The molecule has 0 unspecified atom stereocenters. The fourth-order valence-corrected chi connectivity index (χ4v) is 1.66. The molecule has 2 aromatic heterocycles. The highest BCUT2D eigenvalue weighted by molar-refractivity contribution is 5.86. The molecule has 2 aromatic rings. The Kier molecular flexibility index (Phi) is 2.63. The van der Waals surface area contributed by atoms with Gasteiger partial charge in [-0.2, -0.15) is 5.10 Å². The molecular weight excluding hydrogens is 220 g/mol. The molecular formula is C11H12N4O2. The molecule has 0 amide bonds. The van der Waals surface area contributed by atoms with Gasteiger partial charge in [-0.1, -0.05) is 0 Å². The van der Waals surface area contributed by atoms with Crippen molar-refractivity contribution in [2.75, 3.05) is 0 Å². The summed E-state index contributed by atoms with van der Waals surface area (Å²) in [4.78, 5) is 19.0. The first kappa shape index (κ1) is 11.3. The van der Waals surface area contributed by atoms with E-state index in [4.69, 9.17) is 5.11 Å². The molecule has 1 N–H and O–H groups in total. The van der Waals surface area contributed by atoms with Crippen LogP contribution in [0.2, 0.25) is 0 Å². The van der Waals surface area contributed by atoms with Crippen molar-refractivity contribution in [3.63, 3.8) is 0 Å². The summed E-state index contributed by atoms with van der Waals surface area (Å²) in [6.07, 6.45) is 0. The highest BCUT2D eigenvalue weighted by Gasteiger charge is 2.12. The quantitative estimate of drug-likeness (QED) is 0.841. The van der Waals surface area contributed by atoms with Gasteiger partial charge in [0.25, 0.3) is 0 Å². The summed E-state index contributed by atoms with van der Waals surface area (Å²) in [6, 6.07) is 3.30. The van der Waals surface area contributed by atoms with Gasteiger partial charge >= 0.3 is 5.97 Å². The van der Waals surface area contributed by atoms with Crippen LogP contribution in [0.25, 0.3) is 11.4 Å². The van der Waals surface area contributed by atoms with E-state index in [2.05, 4.69) is 15.1 Å². The molecule has 0 radical (unpaired) electrons. The molecule has 0 aromatic carbocycles. The zero-order valence-electron chi connectivity index (χ0n) is 9.80. The second-order valence-electron chi connectivity index (χ2n) is 3.79. The van der Waals surface area contributed by atoms with Crippen LogP contribution >= 0.6 is 0 Å². The maximum absolute atomic E-state index is 10.9. The van der Waals surface area contributed by atoms with Gasteiger partial charge in [0.15, 0.2) is 5.69 Å². The molecule has 0 saturated carbocycles. The molecule has 0 saturated heterocycles. The molecule has 6 heteroatoms. The third-order valence-electron chi connectivity index (χ3n) is 2.32. The van der Waals surface area contributed by atoms with E-state index < -0.39 is 5.97 Å². The Labute approximate surface area is 98.0 Å². The first-order valence-electron chi connectivity index (χ1n) is 5.07. The van der Waals surface area contributed by atoms with Gasteiger partial charge in [-0.3, -0.25) is 4.68 Å². The van der Waals surface area contributed by atoms with Gasteiger partial charge in [0.2, 0.25) is 0 Å². The summed E-state index contributed by atoms with van der Waals surface area (Å²) >= 11 is 0. The van der Waals surface area contributed by atoms with Crippen LogP contribution < -0.4 is 0 Å². The van der Waals surface area contributed by atoms with Crippen molar-refractivity contribution in [2.45, 2.75) is 13.8 Å². The molecule has 0 bridgehead atoms. The van der Waals surface area contributed by atoms with E-state index in [1.807, 2.05) is 13.0 Å². The van der Waals surface area contributed by atoms with E-state index in [0.717, 1.165) is 11.4 Å². The Morgan fingerprint density at radius 1 is 1.29 bits per heavy atom. The van der Waals surface area contributed by atoms with E-state index in [-0.39, 0.29) is 5.69 Å². The minimum absolute atomic E-state index is 0.00801. The maximum atomic E-state index is 10.9. The van der Waals surface area contributed by atoms with Crippen LogP contribution in [0.5, 0.6) is 0 Å². The van der Waals surface area contributed by atoms with Crippen molar-refractivity contribution in [2.24, 2.45) is 7.05 Å². The fourth-order valence-electron chi connectivity index (χ4n) is 1.66. The average molecular weight is 232 g/mol. The molecule has 88 valence electrons. The van der Waals surface area contributed by atoms with E-state index in [1.165, 1.54) is 6.07 Å². The predicted octanol–water partition coefficient (Wildman–Crippen LogP) is 1.19. The predicted molar refractivity (Wildman–Crippen MR) is 60.7 cm³/mol. The van der Waals surface area contributed by atoms with Crippen LogP contribution in [0.3, 0.4) is 0 Å². The lowest BCUT2D eigenvalue weighted by Crippen LogP contribution is -2.05. The van der Waals surface area contributed by atoms with Crippen LogP contribution in [0.15, 0.2) is 12.1 Å². The number of aromatic nitrogens is 4. The Morgan fingerprint density at radius 2 is 2.00 bits per heavy atom. The Hall–Kier alpha value is -2.24. The molecule has 0 atom stereocenters. The highest BCUT2D eigenvalue weighted by atomic mass is 16.4. The monoisotopic (exact) mass is 232 g/mol. The molecule has 0 fully saturated rings. The first-order valence-corrected chi connectivity index (χ1v) is 5.07. The van der Waals surface area contributed by atoms with Gasteiger partial charge in [0, 0.05) is 7.05 Å². The molecule has 2 heterocycles. The number of hydrogen-bond acceptors (Lipinski definition) is 4. The lowest BCUT2D eigenvalue weighted by atomic mass is 10.2. The summed E-state index contributed by atoms with van der Waals surface area (Å²) < 4.78 is 1.67. The van der Waals surface area contributed by atoms with Crippen LogP contribution in [0.1, 0.15) is 22.0 Å². The minimum atomic E-state index is -1.06. The summed E-state index contributed by atoms with van der Waals surface area (Å²) in [5.41, 5.74) is 2.19. The summed E-state index contributed by atoms with van der Waals surface area (Å²) in [5, 5.41) is 13.1. The fraction of sp³-hybridized carbons (Fsp3) is 0.273. The van der Waals surface area contributed by atoms with Gasteiger partial charge in [0.1, 0.15) is 5.82 Å². The van der Waals surface area contributed by atoms with Gasteiger partial charge in [-0.15, -0.1) is 0 Å². The molecule has 0 aliphatic heterocycles. The zero-order chi connectivity index (χ0) is 12.6. The van der Waals surface area contributed by atoms with E-state index in [9.17, 15) is 4.79 Å². The smallest absolute Gasteiger partial charge is 0.354 e. The van der Waals surface area contributed by atoms with Gasteiger partial charge < -0.3 is 5.11 Å². The molecule has 17 heavy (non-hydrogen) atoms. The maximum Gasteiger partial charge on any atom is 0.354 e. The van der Waals surface area contributed by atoms with Crippen molar-refractivity contribution >= 4 is 5.97 Å². The summed E-state index contributed by atoms with van der Waals surface area (Å²) in [5.74, 6) is -0.630. The van der Waals surface area contributed by atoms with Crippen molar-refractivity contribution in [1.29, 1.82) is 0 Å². The number of nitrogens with zero attached hydrogens (tertiary/aromatic N) is 4. The Bertz CT molecular complexity index is 589. The van der Waals surface area contributed by atoms with Crippen molar-refractivity contribution in [3.8, 4) is 11.4 Å². The first-order chi connectivity index (χ1) is 7.97. The van der Waals surface area contributed by atoms with E-state index >= 15 is 0 Å². The second kappa shape index (κ2) is 3.97. The number of carbonyl (C=O) groups is 1. The van der Waals surface area contributed by atoms with Crippen molar-refractivity contribution in [1.82, 2.24) is 19.7 Å². The molecule has 2 rings (SSSR count). The summed E-state index contributed by atoms with van der Waals surface area (Å²) in [6.45, 7) is 3.54. The lowest BCUT2D eigenvalue weighted by Gasteiger charge is -2.03. The largest absolute Gasteiger partial charge is 0.477 e. The highest BCUT2D eigenvalue weighted by Crippen LogP contribution is 2.18. The van der Waals surface area contributed by atoms with Crippen molar-refractivity contribution < 1.29 is 9.90 Å². The number of carboxylic acids is 1. The molecule has 0 aliphatic rings. The zero-order valence-corrected chi connectivity index (χ0v) is 9.80. The molecule has 0 spiro atoms. The number of rotatable bonds is 2. The standard InChI is InChI=1S/C11H12N4O2/c1-6-4-10(15(3)14-6)8-5-9(11(16)17)13-7(2)12-8/h4-5H,1-3H3,(H,16,17). The average Bonchev–Trinajstić information content (AvgIpc) is 2.57. The SMILES string of the molecule is Cc1cc(-c2cc(C(=O)O)nc(C)n2)n(C)n1. The number of aromatic carboxylic acids is 1. The minimum Gasteiger partial charge on any atom is -0.477 e. The number of aryl methyl sites for hydroxylation is 3.